The van der Waals surface area contributed by atoms with Crippen LogP contribution in [0.15, 0.2) is 89.8 Å². The average molecular weight is 380 g/mol. The van der Waals surface area contributed by atoms with E-state index in [4.69, 9.17) is 5.14 Å². The minimum atomic E-state index is -3.94. The van der Waals surface area contributed by atoms with E-state index in [0.29, 0.717) is 6.42 Å². The van der Waals surface area contributed by atoms with E-state index >= 15 is 0 Å². The molecule has 6 heteroatoms. The van der Waals surface area contributed by atoms with Crippen LogP contribution in [-0.4, -0.2) is 14.3 Å². The van der Waals surface area contributed by atoms with Gasteiger partial charge in [-0.3, -0.25) is 4.79 Å². The van der Waals surface area contributed by atoms with E-state index in [1.165, 1.54) is 12.1 Å². The Labute approximate surface area is 158 Å². The minimum Gasteiger partial charge on any atom is -0.324 e. The normalized spacial score (nSPS) is 12.3. The number of carbonyl (C=O) groups excluding carboxylic acids is 1. The first-order valence-electron chi connectivity index (χ1n) is 8.47. The lowest BCUT2D eigenvalue weighted by molar-refractivity contribution is -0.117. The fourth-order valence-electron chi connectivity index (χ4n) is 2.93. The van der Waals surface area contributed by atoms with Crippen molar-refractivity contribution < 1.29 is 13.2 Å². The lowest BCUT2D eigenvalue weighted by atomic mass is 9.91. The van der Waals surface area contributed by atoms with Gasteiger partial charge in [0.05, 0.1) is 11.6 Å². The van der Waals surface area contributed by atoms with Gasteiger partial charge < -0.3 is 5.32 Å². The molecule has 0 heterocycles. The third-order valence-electron chi connectivity index (χ3n) is 4.25. The molecule has 0 aliphatic heterocycles. The predicted molar refractivity (Wildman–Crippen MR) is 106 cm³/mol. The number of para-hydroxylation sites is 1. The van der Waals surface area contributed by atoms with E-state index in [1.807, 2.05) is 60.7 Å². The molecule has 5 nitrogen and oxygen atoms in total. The SMILES string of the molecule is NS(=O)(=O)c1ccccc1NC(=O)C(Cc1ccccc1)c1ccccc1. The smallest absolute Gasteiger partial charge is 0.240 e. The Morgan fingerprint density at radius 1 is 0.852 bits per heavy atom. The van der Waals surface area contributed by atoms with Crippen LogP contribution in [-0.2, 0) is 21.2 Å². The van der Waals surface area contributed by atoms with Gasteiger partial charge in [0.15, 0.2) is 0 Å². The zero-order valence-electron chi connectivity index (χ0n) is 14.6. The van der Waals surface area contributed by atoms with Crippen LogP contribution in [0.4, 0.5) is 5.69 Å². The highest BCUT2D eigenvalue weighted by Gasteiger charge is 2.23. The van der Waals surface area contributed by atoms with Gasteiger partial charge in [-0.05, 0) is 29.7 Å². The van der Waals surface area contributed by atoms with E-state index < -0.39 is 15.9 Å². The number of benzene rings is 3. The van der Waals surface area contributed by atoms with Crippen LogP contribution in [0.1, 0.15) is 17.0 Å². The van der Waals surface area contributed by atoms with Crippen molar-refractivity contribution in [3.63, 3.8) is 0 Å². The zero-order valence-corrected chi connectivity index (χ0v) is 15.4. The molecule has 0 aliphatic carbocycles. The number of carbonyl (C=O) groups is 1. The minimum absolute atomic E-state index is 0.107. The second-order valence-electron chi connectivity index (χ2n) is 6.18. The molecule has 1 atom stereocenters. The van der Waals surface area contributed by atoms with Crippen molar-refractivity contribution in [2.24, 2.45) is 5.14 Å². The van der Waals surface area contributed by atoms with Crippen LogP contribution in [0, 0.1) is 0 Å². The van der Waals surface area contributed by atoms with Crippen LogP contribution in [0.2, 0.25) is 0 Å². The summed E-state index contributed by atoms with van der Waals surface area (Å²) in [7, 11) is -3.94. The molecular weight excluding hydrogens is 360 g/mol. The Kier molecular flexibility index (Phi) is 5.69. The molecule has 3 N–H and O–H groups in total. The van der Waals surface area contributed by atoms with E-state index in [1.54, 1.807) is 12.1 Å². The summed E-state index contributed by atoms with van der Waals surface area (Å²) in [5.41, 5.74) is 2.05. The summed E-state index contributed by atoms with van der Waals surface area (Å²) >= 11 is 0. The molecule has 0 radical (unpaired) electrons. The van der Waals surface area contributed by atoms with Gasteiger partial charge in [-0.1, -0.05) is 72.8 Å². The van der Waals surface area contributed by atoms with Crippen LogP contribution in [0.25, 0.3) is 0 Å². The molecule has 138 valence electrons. The van der Waals surface area contributed by atoms with Crippen molar-refractivity contribution in [2.75, 3.05) is 5.32 Å². The number of sulfonamides is 1. The fourth-order valence-corrected chi connectivity index (χ4v) is 3.63. The van der Waals surface area contributed by atoms with Crippen molar-refractivity contribution in [2.45, 2.75) is 17.2 Å². The van der Waals surface area contributed by atoms with Gasteiger partial charge in [-0.25, -0.2) is 13.6 Å². The lowest BCUT2D eigenvalue weighted by Gasteiger charge is -2.18. The first-order valence-corrected chi connectivity index (χ1v) is 10.0. The molecule has 1 unspecified atom stereocenters. The summed E-state index contributed by atoms with van der Waals surface area (Å²) < 4.78 is 23.6. The number of nitrogens with one attached hydrogen (secondary N) is 1. The number of rotatable bonds is 6. The number of hydrogen-bond donors (Lipinski definition) is 2. The molecule has 0 bridgehead atoms. The molecule has 0 saturated carbocycles. The van der Waals surface area contributed by atoms with Crippen LogP contribution in [0.5, 0.6) is 0 Å². The summed E-state index contributed by atoms with van der Waals surface area (Å²) in [6.07, 6.45) is 0.494. The van der Waals surface area contributed by atoms with Gasteiger partial charge in [0.2, 0.25) is 15.9 Å². The van der Waals surface area contributed by atoms with Crippen LogP contribution < -0.4 is 10.5 Å². The molecule has 0 fully saturated rings. The fraction of sp³-hybridized carbons (Fsp3) is 0.0952. The quantitative estimate of drug-likeness (QED) is 0.688. The van der Waals surface area contributed by atoms with Gasteiger partial charge in [-0.15, -0.1) is 0 Å². The molecule has 0 aliphatic rings. The van der Waals surface area contributed by atoms with E-state index in [0.717, 1.165) is 11.1 Å². The third kappa shape index (κ3) is 4.81. The van der Waals surface area contributed by atoms with E-state index in [9.17, 15) is 13.2 Å². The molecule has 0 aromatic heterocycles. The van der Waals surface area contributed by atoms with Gasteiger partial charge >= 0.3 is 0 Å². The number of anilines is 1. The highest BCUT2D eigenvalue weighted by Crippen LogP contribution is 2.25. The predicted octanol–water partition coefficient (Wildman–Crippen LogP) is 3.30. The summed E-state index contributed by atoms with van der Waals surface area (Å²) in [5.74, 6) is -0.761. The Morgan fingerprint density at radius 2 is 1.41 bits per heavy atom. The van der Waals surface area contributed by atoms with Gasteiger partial charge in [0.25, 0.3) is 0 Å². The Bertz CT molecular complexity index is 1020. The maximum Gasteiger partial charge on any atom is 0.240 e. The van der Waals surface area contributed by atoms with E-state index in [2.05, 4.69) is 5.32 Å². The molecule has 0 spiro atoms. The van der Waals surface area contributed by atoms with Crippen LogP contribution in [0.3, 0.4) is 0 Å². The summed E-state index contributed by atoms with van der Waals surface area (Å²) in [5, 5.41) is 8.00. The van der Waals surface area contributed by atoms with Crippen molar-refractivity contribution in [3.8, 4) is 0 Å². The highest BCUT2D eigenvalue weighted by atomic mass is 32.2. The molecule has 0 saturated heterocycles. The first kappa shape index (κ1) is 18.8. The molecule has 3 aromatic carbocycles. The summed E-state index contributed by atoms with van der Waals surface area (Å²) in [6, 6.07) is 25.2. The Morgan fingerprint density at radius 3 is 2.04 bits per heavy atom. The third-order valence-corrected chi connectivity index (χ3v) is 5.22. The van der Waals surface area contributed by atoms with Crippen molar-refractivity contribution in [1.82, 2.24) is 0 Å². The standard InChI is InChI=1S/C21H20N2O3S/c22-27(25,26)20-14-8-7-13-19(20)23-21(24)18(17-11-5-2-6-12-17)15-16-9-3-1-4-10-16/h1-14,18H,15H2,(H,23,24)(H2,22,25,26). The maximum absolute atomic E-state index is 13.0. The topological polar surface area (TPSA) is 89.3 Å². The first-order chi connectivity index (χ1) is 12.9. The van der Waals surface area contributed by atoms with Crippen molar-refractivity contribution in [1.29, 1.82) is 0 Å². The maximum atomic E-state index is 13.0. The second kappa shape index (κ2) is 8.16. The Balaban J connectivity index is 1.93. The lowest BCUT2D eigenvalue weighted by Crippen LogP contribution is -2.25. The van der Waals surface area contributed by atoms with Crippen LogP contribution >= 0.6 is 0 Å². The van der Waals surface area contributed by atoms with Crippen molar-refractivity contribution in [3.05, 3.63) is 96.1 Å². The van der Waals surface area contributed by atoms with Crippen molar-refractivity contribution >= 4 is 21.6 Å². The van der Waals surface area contributed by atoms with Gasteiger partial charge in [0.1, 0.15) is 4.90 Å². The number of hydrogen-bond acceptors (Lipinski definition) is 3. The van der Waals surface area contributed by atoms with Gasteiger partial charge in [-0.2, -0.15) is 0 Å². The Hall–Kier alpha value is -2.96. The molecule has 1 amide bonds. The number of amides is 1. The number of primary sulfonamides is 1. The van der Waals surface area contributed by atoms with Gasteiger partial charge in [0, 0.05) is 0 Å². The molecular formula is C21H20N2O3S. The largest absolute Gasteiger partial charge is 0.324 e. The zero-order chi connectivity index (χ0) is 19.3. The number of nitrogens with two attached hydrogens (primary N) is 1. The average Bonchev–Trinajstić information content (AvgIpc) is 2.67. The molecule has 3 rings (SSSR count). The second-order valence-corrected chi connectivity index (χ2v) is 7.71. The van der Waals surface area contributed by atoms with E-state index in [-0.39, 0.29) is 16.5 Å². The summed E-state index contributed by atoms with van der Waals surface area (Å²) in [6.45, 7) is 0. The highest BCUT2D eigenvalue weighted by molar-refractivity contribution is 7.89. The summed E-state index contributed by atoms with van der Waals surface area (Å²) in [4.78, 5) is 12.9. The molecule has 3 aromatic rings. The molecule has 27 heavy (non-hydrogen) atoms. The monoisotopic (exact) mass is 380 g/mol.